The van der Waals surface area contributed by atoms with Gasteiger partial charge in [-0.3, -0.25) is 0 Å². The monoisotopic (exact) mass is 398 g/mol. The van der Waals surface area contributed by atoms with E-state index in [4.69, 9.17) is 0 Å². The SMILES string of the molecule is CN1CC(CC2CCCN2C)c2cc(CCS(=O)(=O)c3ccccc3)ccc21. The molecule has 150 valence electrons. The van der Waals surface area contributed by atoms with E-state index in [9.17, 15) is 8.42 Å². The van der Waals surface area contributed by atoms with Gasteiger partial charge < -0.3 is 9.80 Å². The van der Waals surface area contributed by atoms with E-state index in [1.807, 2.05) is 6.07 Å². The molecule has 0 amide bonds. The summed E-state index contributed by atoms with van der Waals surface area (Å²) in [5.74, 6) is 0.693. The topological polar surface area (TPSA) is 40.6 Å². The molecule has 2 heterocycles. The van der Waals surface area contributed by atoms with Crippen LogP contribution < -0.4 is 4.90 Å². The zero-order chi connectivity index (χ0) is 19.7. The van der Waals surface area contributed by atoms with Gasteiger partial charge in [0.15, 0.2) is 9.84 Å². The van der Waals surface area contributed by atoms with Crippen LogP contribution in [0, 0.1) is 0 Å². The lowest BCUT2D eigenvalue weighted by Crippen LogP contribution is -2.28. The van der Waals surface area contributed by atoms with Crippen LogP contribution >= 0.6 is 0 Å². The number of nitrogens with zero attached hydrogens (tertiary/aromatic N) is 2. The molecular weight excluding hydrogens is 368 g/mol. The van der Waals surface area contributed by atoms with Crippen LogP contribution in [0.25, 0.3) is 0 Å². The number of hydrogen-bond donors (Lipinski definition) is 0. The summed E-state index contributed by atoms with van der Waals surface area (Å²) in [7, 11) is 1.16. The minimum atomic E-state index is -3.24. The molecule has 1 saturated heterocycles. The van der Waals surface area contributed by atoms with Crippen molar-refractivity contribution >= 4 is 15.5 Å². The van der Waals surface area contributed by atoms with Gasteiger partial charge in [0.05, 0.1) is 10.6 Å². The van der Waals surface area contributed by atoms with E-state index in [0.717, 1.165) is 12.1 Å². The molecule has 1 fully saturated rings. The third kappa shape index (κ3) is 3.96. The average molecular weight is 399 g/mol. The number of likely N-dealkylation sites (N-methyl/N-ethyl adjacent to an activating group) is 1. The number of hydrogen-bond acceptors (Lipinski definition) is 4. The van der Waals surface area contributed by atoms with E-state index in [0.29, 0.717) is 23.3 Å². The molecule has 0 saturated carbocycles. The molecule has 0 bridgehead atoms. The summed E-state index contributed by atoms with van der Waals surface area (Å²) in [5, 5.41) is 0. The Labute approximate surface area is 169 Å². The first-order chi connectivity index (χ1) is 13.4. The molecule has 2 aliphatic rings. The van der Waals surface area contributed by atoms with Crippen molar-refractivity contribution in [1.29, 1.82) is 0 Å². The second kappa shape index (κ2) is 7.88. The zero-order valence-electron chi connectivity index (χ0n) is 16.8. The van der Waals surface area contributed by atoms with E-state index in [-0.39, 0.29) is 5.75 Å². The number of rotatable bonds is 6. The van der Waals surface area contributed by atoms with E-state index in [1.165, 1.54) is 37.1 Å². The van der Waals surface area contributed by atoms with Crippen LogP contribution in [0.4, 0.5) is 5.69 Å². The maximum absolute atomic E-state index is 12.6. The van der Waals surface area contributed by atoms with Gasteiger partial charge in [-0.1, -0.05) is 30.3 Å². The van der Waals surface area contributed by atoms with Crippen molar-refractivity contribution in [2.45, 2.75) is 42.5 Å². The van der Waals surface area contributed by atoms with Gasteiger partial charge in [-0.15, -0.1) is 0 Å². The van der Waals surface area contributed by atoms with Crippen molar-refractivity contribution in [1.82, 2.24) is 4.90 Å². The molecule has 4 rings (SSSR count). The van der Waals surface area contributed by atoms with Crippen LogP contribution in [-0.4, -0.2) is 52.3 Å². The molecule has 0 radical (unpaired) electrons. The maximum atomic E-state index is 12.6. The Kier molecular flexibility index (Phi) is 5.48. The lowest BCUT2D eigenvalue weighted by molar-refractivity contribution is 0.284. The number of fused-ring (bicyclic) bond motifs is 1. The summed E-state index contributed by atoms with van der Waals surface area (Å²) in [6, 6.07) is 16.0. The van der Waals surface area contributed by atoms with Gasteiger partial charge in [-0.05, 0) is 68.6 Å². The second-order valence-corrected chi connectivity index (χ2v) is 10.5. The maximum Gasteiger partial charge on any atom is 0.178 e. The first kappa shape index (κ1) is 19.5. The Morgan fingerprint density at radius 1 is 1.07 bits per heavy atom. The minimum Gasteiger partial charge on any atom is -0.374 e. The molecule has 2 unspecified atom stereocenters. The molecule has 2 aliphatic heterocycles. The van der Waals surface area contributed by atoms with Gasteiger partial charge >= 0.3 is 0 Å². The number of sulfone groups is 1. The smallest absolute Gasteiger partial charge is 0.178 e. The van der Waals surface area contributed by atoms with Crippen molar-refractivity contribution in [2.24, 2.45) is 0 Å². The number of benzene rings is 2. The Balaban J connectivity index is 1.49. The van der Waals surface area contributed by atoms with Crippen molar-refractivity contribution in [3.8, 4) is 0 Å². The predicted octanol–water partition coefficient (Wildman–Crippen LogP) is 3.72. The number of anilines is 1. The molecule has 4 nitrogen and oxygen atoms in total. The summed E-state index contributed by atoms with van der Waals surface area (Å²) in [6.45, 7) is 2.27. The molecule has 0 spiro atoms. The van der Waals surface area contributed by atoms with Crippen LogP contribution in [0.1, 0.15) is 36.3 Å². The highest BCUT2D eigenvalue weighted by atomic mass is 32.2. The van der Waals surface area contributed by atoms with Crippen molar-refractivity contribution < 1.29 is 8.42 Å². The highest BCUT2D eigenvalue weighted by molar-refractivity contribution is 7.91. The van der Waals surface area contributed by atoms with Gasteiger partial charge in [0, 0.05) is 31.2 Å². The Bertz CT molecular complexity index is 927. The highest BCUT2D eigenvalue weighted by Gasteiger charge is 2.31. The van der Waals surface area contributed by atoms with Gasteiger partial charge in [-0.25, -0.2) is 8.42 Å². The summed E-state index contributed by atoms with van der Waals surface area (Å²) in [4.78, 5) is 5.26. The quantitative estimate of drug-likeness (QED) is 0.744. The largest absolute Gasteiger partial charge is 0.374 e. The third-order valence-electron chi connectivity index (χ3n) is 6.43. The molecule has 0 N–H and O–H groups in total. The van der Waals surface area contributed by atoms with Crippen molar-refractivity contribution in [3.05, 3.63) is 59.7 Å². The number of likely N-dealkylation sites (tertiary alicyclic amines) is 1. The molecule has 28 heavy (non-hydrogen) atoms. The van der Waals surface area contributed by atoms with Crippen LogP contribution in [0.3, 0.4) is 0 Å². The van der Waals surface area contributed by atoms with E-state index in [2.05, 4.69) is 42.1 Å². The third-order valence-corrected chi connectivity index (χ3v) is 8.16. The first-order valence-electron chi connectivity index (χ1n) is 10.3. The van der Waals surface area contributed by atoms with Crippen LogP contribution in [0.15, 0.2) is 53.4 Å². The lowest BCUT2D eigenvalue weighted by Gasteiger charge is -2.23. The predicted molar refractivity (Wildman–Crippen MR) is 115 cm³/mol. The fraction of sp³-hybridized carbons (Fsp3) is 0.478. The minimum absolute atomic E-state index is 0.154. The highest BCUT2D eigenvalue weighted by Crippen LogP contribution is 2.40. The molecule has 2 atom stereocenters. The zero-order valence-corrected chi connectivity index (χ0v) is 17.7. The second-order valence-electron chi connectivity index (χ2n) is 8.36. The molecule has 5 heteroatoms. The summed E-state index contributed by atoms with van der Waals surface area (Å²) in [5.41, 5.74) is 3.83. The first-order valence-corrected chi connectivity index (χ1v) is 11.9. The van der Waals surface area contributed by atoms with Crippen LogP contribution in [0.2, 0.25) is 0 Å². The molecular formula is C23H30N2O2S. The standard InChI is InChI=1S/C23H30N2O2S/c1-24-13-6-7-20(24)16-19-17-25(2)23-11-10-18(15-22(19)23)12-14-28(26,27)21-8-4-3-5-9-21/h3-5,8-11,15,19-20H,6-7,12-14,16-17H2,1-2H3. The Morgan fingerprint density at radius 2 is 1.86 bits per heavy atom. The summed E-state index contributed by atoms with van der Waals surface area (Å²) >= 11 is 0. The van der Waals surface area contributed by atoms with E-state index >= 15 is 0 Å². The van der Waals surface area contributed by atoms with Crippen LogP contribution in [0.5, 0.6) is 0 Å². The lowest BCUT2D eigenvalue weighted by atomic mass is 9.91. The molecule has 2 aromatic carbocycles. The Morgan fingerprint density at radius 3 is 2.57 bits per heavy atom. The summed E-state index contributed by atoms with van der Waals surface area (Å²) < 4.78 is 25.2. The van der Waals surface area contributed by atoms with Crippen LogP contribution in [-0.2, 0) is 16.3 Å². The van der Waals surface area contributed by atoms with E-state index < -0.39 is 9.84 Å². The van der Waals surface area contributed by atoms with E-state index in [1.54, 1.807) is 24.3 Å². The molecule has 0 aliphatic carbocycles. The van der Waals surface area contributed by atoms with Gasteiger partial charge in [0.1, 0.15) is 0 Å². The van der Waals surface area contributed by atoms with Gasteiger partial charge in [0.25, 0.3) is 0 Å². The van der Waals surface area contributed by atoms with Crippen molar-refractivity contribution in [3.63, 3.8) is 0 Å². The fourth-order valence-corrected chi connectivity index (χ4v) is 6.08. The molecule has 0 aromatic heterocycles. The average Bonchev–Trinajstić information content (AvgIpc) is 3.24. The fourth-order valence-electron chi connectivity index (χ4n) is 4.77. The van der Waals surface area contributed by atoms with Gasteiger partial charge in [-0.2, -0.15) is 0 Å². The Hall–Kier alpha value is -1.85. The summed E-state index contributed by atoms with van der Waals surface area (Å²) in [6.07, 6.45) is 4.35. The molecule has 2 aromatic rings. The number of aryl methyl sites for hydroxylation is 1. The normalized spacial score (nSPS) is 22.6. The van der Waals surface area contributed by atoms with Crippen molar-refractivity contribution in [2.75, 3.05) is 37.8 Å². The van der Waals surface area contributed by atoms with Gasteiger partial charge in [0.2, 0.25) is 0 Å².